The van der Waals surface area contributed by atoms with Gasteiger partial charge in [0.15, 0.2) is 5.75 Å². The van der Waals surface area contributed by atoms with Gasteiger partial charge in [0.25, 0.3) is 0 Å². The molecule has 0 bridgehead atoms. The van der Waals surface area contributed by atoms with Crippen LogP contribution in [0.2, 0.25) is 0 Å². The molecule has 0 fully saturated rings. The van der Waals surface area contributed by atoms with Crippen molar-refractivity contribution in [3.63, 3.8) is 0 Å². The van der Waals surface area contributed by atoms with E-state index in [0.29, 0.717) is 18.8 Å². The highest BCUT2D eigenvalue weighted by atomic mass is 19.1. The van der Waals surface area contributed by atoms with Crippen LogP contribution in [0.3, 0.4) is 0 Å². The Labute approximate surface area is 159 Å². The number of allylic oxidation sites excluding steroid dienone is 1. The minimum atomic E-state index is -0.225. The average molecular weight is 370 g/mol. The quantitative estimate of drug-likeness (QED) is 0.700. The van der Waals surface area contributed by atoms with Crippen molar-refractivity contribution in [2.45, 2.75) is 45.2 Å². The molecule has 27 heavy (non-hydrogen) atoms. The van der Waals surface area contributed by atoms with E-state index in [0.717, 1.165) is 24.2 Å². The molecule has 3 rings (SSSR count). The number of pyridine rings is 1. The molecule has 5 heteroatoms. The Hall–Kier alpha value is -2.40. The number of nitrogens with zero attached hydrogens (tertiary/aromatic N) is 1. The lowest BCUT2D eigenvalue weighted by Crippen LogP contribution is -2.26. The summed E-state index contributed by atoms with van der Waals surface area (Å²) in [6, 6.07) is 8.22. The van der Waals surface area contributed by atoms with Crippen LogP contribution in [-0.4, -0.2) is 23.5 Å². The second-order valence-electron chi connectivity index (χ2n) is 7.09. The first-order valence-corrected chi connectivity index (χ1v) is 9.54. The largest absolute Gasteiger partial charge is 0.491 e. The Bertz CT molecular complexity index is 827. The number of aromatic nitrogens is 1. The molecular formula is C22H27FN2O2. The van der Waals surface area contributed by atoms with Gasteiger partial charge in [-0.25, -0.2) is 4.39 Å². The Kier molecular flexibility index (Phi) is 6.82. The summed E-state index contributed by atoms with van der Waals surface area (Å²) in [7, 11) is 1.49. The number of aromatic amines is 1. The summed E-state index contributed by atoms with van der Waals surface area (Å²) < 4.78 is 18.2. The Balaban J connectivity index is 1.71. The molecular weight excluding hydrogens is 343 g/mol. The fourth-order valence-corrected chi connectivity index (χ4v) is 3.49. The highest BCUT2D eigenvalue weighted by molar-refractivity contribution is 5.21. The number of nitrogens with one attached hydrogen (secondary N) is 1. The molecule has 1 aliphatic carbocycles. The normalized spacial score (nSPS) is 14.3. The minimum absolute atomic E-state index is 0.122. The van der Waals surface area contributed by atoms with Crippen LogP contribution >= 0.6 is 0 Å². The third kappa shape index (κ3) is 5.79. The van der Waals surface area contributed by atoms with E-state index in [9.17, 15) is 9.18 Å². The summed E-state index contributed by atoms with van der Waals surface area (Å²) in [5.74, 6) is 0.0911. The molecule has 1 aromatic carbocycles. The van der Waals surface area contributed by atoms with Crippen molar-refractivity contribution in [2.24, 2.45) is 0 Å². The maximum Gasteiger partial charge on any atom is 0.223 e. The SMILES string of the molecule is COc1c[nH]c(CN(CCC2=CCCCC2)Cc2ccc(F)cc2)cc1=O. The van der Waals surface area contributed by atoms with Crippen LogP contribution in [0, 0.1) is 5.82 Å². The maximum absolute atomic E-state index is 13.2. The zero-order valence-corrected chi connectivity index (χ0v) is 15.8. The molecule has 1 heterocycles. The van der Waals surface area contributed by atoms with Gasteiger partial charge in [0, 0.05) is 37.6 Å². The van der Waals surface area contributed by atoms with Gasteiger partial charge >= 0.3 is 0 Å². The van der Waals surface area contributed by atoms with Gasteiger partial charge in [-0.3, -0.25) is 9.69 Å². The summed E-state index contributed by atoms with van der Waals surface area (Å²) in [5, 5.41) is 0. The van der Waals surface area contributed by atoms with E-state index in [-0.39, 0.29) is 11.2 Å². The first kappa shape index (κ1) is 19.4. The molecule has 2 aromatic rings. The van der Waals surface area contributed by atoms with Gasteiger partial charge in [-0.05, 0) is 49.8 Å². The van der Waals surface area contributed by atoms with Gasteiger partial charge in [0.1, 0.15) is 5.82 Å². The van der Waals surface area contributed by atoms with Crippen molar-refractivity contribution < 1.29 is 9.13 Å². The monoisotopic (exact) mass is 370 g/mol. The van der Waals surface area contributed by atoms with Crippen molar-refractivity contribution >= 4 is 0 Å². The number of rotatable bonds is 8. The topological polar surface area (TPSA) is 45.3 Å². The van der Waals surface area contributed by atoms with Crippen LogP contribution in [0.4, 0.5) is 4.39 Å². The van der Waals surface area contributed by atoms with Crippen LogP contribution in [-0.2, 0) is 13.1 Å². The second kappa shape index (κ2) is 9.51. The second-order valence-corrected chi connectivity index (χ2v) is 7.09. The molecule has 0 radical (unpaired) electrons. The predicted octanol–water partition coefficient (Wildman–Crippen LogP) is 4.42. The highest BCUT2D eigenvalue weighted by Gasteiger charge is 2.12. The van der Waals surface area contributed by atoms with Crippen molar-refractivity contribution in [1.29, 1.82) is 0 Å². The van der Waals surface area contributed by atoms with Crippen molar-refractivity contribution in [3.8, 4) is 5.75 Å². The lowest BCUT2D eigenvalue weighted by molar-refractivity contribution is 0.255. The van der Waals surface area contributed by atoms with Gasteiger partial charge in [-0.15, -0.1) is 0 Å². The van der Waals surface area contributed by atoms with Crippen LogP contribution in [0.25, 0.3) is 0 Å². The fraction of sp³-hybridized carbons (Fsp3) is 0.409. The maximum atomic E-state index is 13.2. The molecule has 1 aliphatic rings. The zero-order valence-electron chi connectivity index (χ0n) is 15.8. The predicted molar refractivity (Wildman–Crippen MR) is 105 cm³/mol. The molecule has 0 amide bonds. The lowest BCUT2D eigenvalue weighted by atomic mass is 9.97. The van der Waals surface area contributed by atoms with Gasteiger partial charge in [0.2, 0.25) is 5.43 Å². The summed E-state index contributed by atoms with van der Waals surface area (Å²) in [5.41, 5.74) is 3.31. The molecule has 144 valence electrons. The smallest absolute Gasteiger partial charge is 0.223 e. The Morgan fingerprint density at radius 1 is 1.19 bits per heavy atom. The molecule has 0 spiro atoms. The van der Waals surface area contributed by atoms with E-state index in [4.69, 9.17) is 4.74 Å². The van der Waals surface area contributed by atoms with Crippen LogP contribution < -0.4 is 10.2 Å². The van der Waals surface area contributed by atoms with Crippen molar-refractivity contribution in [2.75, 3.05) is 13.7 Å². The zero-order chi connectivity index (χ0) is 19.1. The van der Waals surface area contributed by atoms with E-state index >= 15 is 0 Å². The third-order valence-corrected chi connectivity index (χ3v) is 5.00. The number of halogens is 1. The number of H-pyrrole nitrogens is 1. The Morgan fingerprint density at radius 3 is 2.67 bits per heavy atom. The first-order valence-electron chi connectivity index (χ1n) is 9.54. The molecule has 1 aromatic heterocycles. The minimum Gasteiger partial charge on any atom is -0.491 e. The summed E-state index contributed by atoms with van der Waals surface area (Å²) >= 11 is 0. The van der Waals surface area contributed by atoms with Crippen LogP contribution in [0.5, 0.6) is 5.75 Å². The van der Waals surface area contributed by atoms with E-state index in [1.165, 1.54) is 50.5 Å². The van der Waals surface area contributed by atoms with E-state index < -0.39 is 0 Å². The first-order chi connectivity index (χ1) is 13.1. The number of benzene rings is 1. The number of methoxy groups -OCH3 is 1. The van der Waals surface area contributed by atoms with Crippen molar-refractivity contribution in [3.05, 3.63) is 75.5 Å². The molecule has 1 N–H and O–H groups in total. The molecule has 0 saturated heterocycles. The third-order valence-electron chi connectivity index (χ3n) is 5.00. The summed E-state index contributed by atoms with van der Waals surface area (Å²) in [6.07, 6.45) is 9.93. The number of ether oxygens (including phenoxy) is 1. The van der Waals surface area contributed by atoms with Crippen LogP contribution in [0.1, 0.15) is 43.4 Å². The van der Waals surface area contributed by atoms with Crippen molar-refractivity contribution in [1.82, 2.24) is 9.88 Å². The lowest BCUT2D eigenvalue weighted by Gasteiger charge is -2.24. The molecule has 4 nitrogen and oxygen atoms in total. The highest BCUT2D eigenvalue weighted by Crippen LogP contribution is 2.21. The van der Waals surface area contributed by atoms with Gasteiger partial charge in [-0.1, -0.05) is 23.8 Å². The fourth-order valence-electron chi connectivity index (χ4n) is 3.49. The molecule has 0 atom stereocenters. The Morgan fingerprint density at radius 2 is 2.00 bits per heavy atom. The number of hydrogen-bond acceptors (Lipinski definition) is 3. The van der Waals surface area contributed by atoms with E-state index in [1.807, 2.05) is 12.1 Å². The van der Waals surface area contributed by atoms with E-state index in [1.54, 1.807) is 12.3 Å². The standard InChI is InChI=1S/C22H27FN2O2/c1-27-22-14-24-20(13-21(22)26)16-25(12-11-17-5-3-2-4-6-17)15-18-7-9-19(23)10-8-18/h5,7-10,13-14H,2-4,6,11-12,15-16H2,1H3,(H,24,26). The summed E-state index contributed by atoms with van der Waals surface area (Å²) in [4.78, 5) is 17.5. The molecule has 0 unspecified atom stereocenters. The van der Waals surface area contributed by atoms with E-state index in [2.05, 4.69) is 16.0 Å². The average Bonchev–Trinajstić information content (AvgIpc) is 2.69. The van der Waals surface area contributed by atoms with Gasteiger partial charge in [-0.2, -0.15) is 0 Å². The number of hydrogen-bond donors (Lipinski definition) is 1. The molecule has 0 saturated carbocycles. The van der Waals surface area contributed by atoms with Gasteiger partial charge < -0.3 is 9.72 Å². The van der Waals surface area contributed by atoms with Gasteiger partial charge in [0.05, 0.1) is 7.11 Å². The summed E-state index contributed by atoms with van der Waals surface area (Å²) in [6.45, 7) is 2.24. The molecule has 0 aliphatic heterocycles. The van der Waals surface area contributed by atoms with Crippen LogP contribution in [0.15, 0.2) is 53.0 Å².